The van der Waals surface area contributed by atoms with E-state index in [0.29, 0.717) is 11.4 Å². The van der Waals surface area contributed by atoms with Crippen molar-refractivity contribution in [1.82, 2.24) is 9.97 Å². The highest BCUT2D eigenvalue weighted by Crippen LogP contribution is 2.24. The highest BCUT2D eigenvalue weighted by molar-refractivity contribution is 5.90. The number of aryl methyl sites for hydroxylation is 1. The van der Waals surface area contributed by atoms with Gasteiger partial charge in [0, 0.05) is 23.0 Å². The first-order valence-corrected chi connectivity index (χ1v) is 7.27. The number of nitrogens with zero attached hydrogens (tertiary/aromatic N) is 2. The first-order valence-electron chi connectivity index (χ1n) is 7.27. The Morgan fingerprint density at radius 1 is 0.957 bits per heavy atom. The van der Waals surface area contributed by atoms with E-state index in [4.69, 9.17) is 4.74 Å². The molecule has 0 saturated carbocycles. The molecule has 0 N–H and O–H groups in total. The Morgan fingerprint density at radius 3 is 2.26 bits per heavy atom. The molecular weight excluding hydrogens is 288 g/mol. The van der Waals surface area contributed by atoms with E-state index in [-0.39, 0.29) is 5.97 Å². The van der Waals surface area contributed by atoms with E-state index in [9.17, 15) is 4.79 Å². The molecule has 0 radical (unpaired) electrons. The van der Waals surface area contributed by atoms with Crippen molar-refractivity contribution in [1.29, 1.82) is 0 Å². The SMILES string of the molecule is COC(=O)c1ccc(-c2cnc(-c3ccccc3)nc2C)cc1. The van der Waals surface area contributed by atoms with E-state index in [0.717, 1.165) is 22.4 Å². The van der Waals surface area contributed by atoms with Crippen LogP contribution in [0.25, 0.3) is 22.5 Å². The molecule has 2 aromatic carbocycles. The van der Waals surface area contributed by atoms with Crippen LogP contribution in [-0.2, 0) is 4.74 Å². The summed E-state index contributed by atoms with van der Waals surface area (Å²) in [5, 5.41) is 0. The highest BCUT2D eigenvalue weighted by Gasteiger charge is 2.09. The third-order valence-corrected chi connectivity index (χ3v) is 3.63. The Balaban J connectivity index is 1.93. The lowest BCUT2D eigenvalue weighted by Crippen LogP contribution is -2.00. The van der Waals surface area contributed by atoms with Gasteiger partial charge < -0.3 is 4.74 Å². The van der Waals surface area contributed by atoms with E-state index >= 15 is 0 Å². The maximum Gasteiger partial charge on any atom is 0.337 e. The van der Waals surface area contributed by atoms with Crippen molar-refractivity contribution >= 4 is 5.97 Å². The van der Waals surface area contributed by atoms with Gasteiger partial charge in [0.05, 0.1) is 12.7 Å². The van der Waals surface area contributed by atoms with E-state index in [1.165, 1.54) is 7.11 Å². The third kappa shape index (κ3) is 3.11. The van der Waals surface area contributed by atoms with Crippen LogP contribution in [0.4, 0.5) is 0 Å². The molecule has 0 saturated heterocycles. The second-order valence-corrected chi connectivity index (χ2v) is 5.13. The Bertz CT molecular complexity index is 828. The van der Waals surface area contributed by atoms with Crippen LogP contribution in [0.2, 0.25) is 0 Å². The monoisotopic (exact) mass is 304 g/mol. The van der Waals surface area contributed by atoms with Gasteiger partial charge >= 0.3 is 5.97 Å². The molecule has 0 aliphatic heterocycles. The fourth-order valence-corrected chi connectivity index (χ4v) is 2.38. The van der Waals surface area contributed by atoms with Crippen LogP contribution in [0.5, 0.6) is 0 Å². The number of carbonyl (C=O) groups excluding carboxylic acids is 1. The molecular formula is C19H16N2O2. The maximum absolute atomic E-state index is 11.5. The van der Waals surface area contributed by atoms with Crippen LogP contribution in [0.15, 0.2) is 60.8 Å². The topological polar surface area (TPSA) is 52.1 Å². The molecule has 0 aliphatic carbocycles. The van der Waals surface area contributed by atoms with Gasteiger partial charge in [-0.1, -0.05) is 42.5 Å². The van der Waals surface area contributed by atoms with Crippen molar-refractivity contribution in [2.75, 3.05) is 7.11 Å². The second-order valence-electron chi connectivity index (χ2n) is 5.13. The molecule has 23 heavy (non-hydrogen) atoms. The predicted molar refractivity (Wildman–Crippen MR) is 89.0 cm³/mol. The number of rotatable bonds is 3. The molecule has 0 aliphatic rings. The Hall–Kier alpha value is -3.01. The molecule has 3 rings (SSSR count). The lowest BCUT2D eigenvalue weighted by atomic mass is 10.0. The van der Waals surface area contributed by atoms with Gasteiger partial charge in [0.2, 0.25) is 0 Å². The minimum atomic E-state index is -0.344. The zero-order valence-corrected chi connectivity index (χ0v) is 13.0. The molecule has 0 unspecified atom stereocenters. The smallest absolute Gasteiger partial charge is 0.337 e. The Labute approximate surface area is 134 Å². The average molecular weight is 304 g/mol. The molecule has 0 fully saturated rings. The minimum Gasteiger partial charge on any atom is -0.465 e. The van der Waals surface area contributed by atoms with Gasteiger partial charge in [-0.2, -0.15) is 0 Å². The summed E-state index contributed by atoms with van der Waals surface area (Å²) in [6.07, 6.45) is 1.82. The summed E-state index contributed by atoms with van der Waals surface area (Å²) in [6, 6.07) is 17.1. The first-order chi connectivity index (χ1) is 11.2. The van der Waals surface area contributed by atoms with Gasteiger partial charge in [0.25, 0.3) is 0 Å². The second kappa shape index (κ2) is 6.40. The summed E-state index contributed by atoms with van der Waals surface area (Å²) in [4.78, 5) is 20.5. The summed E-state index contributed by atoms with van der Waals surface area (Å²) >= 11 is 0. The van der Waals surface area contributed by atoms with Gasteiger partial charge in [-0.15, -0.1) is 0 Å². The van der Waals surface area contributed by atoms with Crippen molar-refractivity contribution in [3.63, 3.8) is 0 Å². The fraction of sp³-hybridized carbons (Fsp3) is 0.105. The number of carbonyl (C=O) groups is 1. The molecule has 0 atom stereocenters. The molecule has 0 bridgehead atoms. The number of benzene rings is 2. The van der Waals surface area contributed by atoms with Crippen LogP contribution < -0.4 is 0 Å². The van der Waals surface area contributed by atoms with Gasteiger partial charge in [-0.05, 0) is 24.6 Å². The summed E-state index contributed by atoms with van der Waals surface area (Å²) in [6.45, 7) is 1.96. The van der Waals surface area contributed by atoms with Crippen molar-refractivity contribution in [2.45, 2.75) is 6.92 Å². The number of esters is 1. The van der Waals surface area contributed by atoms with Gasteiger partial charge in [0.1, 0.15) is 0 Å². The largest absolute Gasteiger partial charge is 0.465 e. The summed E-state index contributed by atoms with van der Waals surface area (Å²) < 4.78 is 4.71. The van der Waals surface area contributed by atoms with Crippen LogP contribution in [0.1, 0.15) is 16.1 Å². The fourth-order valence-electron chi connectivity index (χ4n) is 2.38. The van der Waals surface area contributed by atoms with Gasteiger partial charge in [-0.25, -0.2) is 14.8 Å². The quantitative estimate of drug-likeness (QED) is 0.688. The number of methoxy groups -OCH3 is 1. The normalized spacial score (nSPS) is 10.3. The maximum atomic E-state index is 11.5. The Kier molecular flexibility index (Phi) is 4.15. The van der Waals surface area contributed by atoms with E-state index in [1.54, 1.807) is 12.1 Å². The number of hydrogen-bond donors (Lipinski definition) is 0. The van der Waals surface area contributed by atoms with Crippen molar-refractivity contribution < 1.29 is 9.53 Å². The van der Waals surface area contributed by atoms with Crippen molar-refractivity contribution in [3.05, 3.63) is 72.1 Å². The van der Waals surface area contributed by atoms with Crippen LogP contribution in [0, 0.1) is 6.92 Å². The van der Waals surface area contributed by atoms with E-state index < -0.39 is 0 Å². The van der Waals surface area contributed by atoms with Crippen LogP contribution >= 0.6 is 0 Å². The summed E-state index contributed by atoms with van der Waals surface area (Å²) in [5.74, 6) is 0.363. The standard InChI is InChI=1S/C19H16N2O2/c1-13-17(14-8-10-16(11-9-14)19(22)23-2)12-20-18(21-13)15-6-4-3-5-7-15/h3-12H,1-2H3. The van der Waals surface area contributed by atoms with Gasteiger partial charge in [-0.3, -0.25) is 0 Å². The average Bonchev–Trinajstić information content (AvgIpc) is 2.62. The molecule has 114 valence electrons. The first kappa shape index (κ1) is 14.9. The zero-order chi connectivity index (χ0) is 16.2. The number of hydrogen-bond acceptors (Lipinski definition) is 4. The lowest BCUT2D eigenvalue weighted by Gasteiger charge is -2.08. The molecule has 1 heterocycles. The van der Waals surface area contributed by atoms with E-state index in [1.807, 2.05) is 55.6 Å². The molecule has 3 aromatic rings. The minimum absolute atomic E-state index is 0.344. The molecule has 0 amide bonds. The van der Waals surface area contributed by atoms with E-state index in [2.05, 4.69) is 9.97 Å². The summed E-state index contributed by atoms with van der Waals surface area (Å²) in [5.41, 5.74) is 4.32. The zero-order valence-electron chi connectivity index (χ0n) is 13.0. The van der Waals surface area contributed by atoms with Crippen molar-refractivity contribution in [2.24, 2.45) is 0 Å². The number of aromatic nitrogens is 2. The highest BCUT2D eigenvalue weighted by atomic mass is 16.5. The molecule has 4 heteroatoms. The third-order valence-electron chi connectivity index (χ3n) is 3.63. The van der Waals surface area contributed by atoms with Crippen LogP contribution in [-0.4, -0.2) is 23.0 Å². The number of ether oxygens (including phenoxy) is 1. The van der Waals surface area contributed by atoms with Crippen LogP contribution in [0.3, 0.4) is 0 Å². The molecule has 0 spiro atoms. The van der Waals surface area contributed by atoms with Gasteiger partial charge in [0.15, 0.2) is 5.82 Å². The predicted octanol–water partition coefficient (Wildman–Crippen LogP) is 3.91. The molecule has 1 aromatic heterocycles. The Morgan fingerprint density at radius 2 is 1.65 bits per heavy atom. The lowest BCUT2D eigenvalue weighted by molar-refractivity contribution is 0.0601. The summed E-state index contributed by atoms with van der Waals surface area (Å²) in [7, 11) is 1.37. The van der Waals surface area contributed by atoms with Crippen molar-refractivity contribution in [3.8, 4) is 22.5 Å². The molecule has 4 nitrogen and oxygen atoms in total.